The summed E-state index contributed by atoms with van der Waals surface area (Å²) >= 11 is 0. The molecule has 17 heavy (non-hydrogen) atoms. The van der Waals surface area contributed by atoms with Gasteiger partial charge in [-0.1, -0.05) is 30.3 Å². The summed E-state index contributed by atoms with van der Waals surface area (Å²) in [4.78, 5) is 0. The van der Waals surface area contributed by atoms with E-state index in [1.807, 2.05) is 48.5 Å². The molecule has 1 aliphatic heterocycles. The Labute approximate surface area is 99.4 Å². The Kier molecular flexibility index (Phi) is 2.34. The first-order chi connectivity index (χ1) is 8.38. The third kappa shape index (κ3) is 1.68. The quantitative estimate of drug-likeness (QED) is 0.827. The van der Waals surface area contributed by atoms with Gasteiger partial charge in [-0.2, -0.15) is 5.12 Å². The van der Waals surface area contributed by atoms with Gasteiger partial charge in [-0.3, -0.25) is 10.9 Å². The molecule has 2 N–H and O–H groups in total. The third-order valence-corrected chi connectivity index (χ3v) is 2.78. The highest BCUT2D eigenvalue weighted by Crippen LogP contribution is 2.31. The molecule has 0 amide bonds. The minimum atomic E-state index is -0.230. The van der Waals surface area contributed by atoms with E-state index in [9.17, 15) is 5.11 Å². The number of anilines is 3. The van der Waals surface area contributed by atoms with E-state index >= 15 is 0 Å². The van der Waals surface area contributed by atoms with Crippen molar-refractivity contribution in [1.29, 1.82) is 0 Å². The second kappa shape index (κ2) is 3.99. The molecule has 2 aromatic carbocycles. The molecule has 0 fully saturated rings. The number of hydrogen-bond donors (Lipinski definition) is 2. The highest BCUT2D eigenvalue weighted by Gasteiger charge is 2.18. The number of hydrogen-bond acceptors (Lipinski definition) is 3. The number of fused-ring (bicyclic) bond motifs is 1. The van der Waals surface area contributed by atoms with Crippen LogP contribution in [0.2, 0.25) is 0 Å². The van der Waals surface area contributed by atoms with Crippen LogP contribution < -0.4 is 16.0 Å². The number of benzene rings is 2. The van der Waals surface area contributed by atoms with Crippen LogP contribution in [0.15, 0.2) is 48.5 Å². The van der Waals surface area contributed by atoms with Crippen molar-refractivity contribution in [1.82, 2.24) is 0 Å². The lowest BCUT2D eigenvalue weighted by atomic mass is 10.2. The van der Waals surface area contributed by atoms with Crippen molar-refractivity contribution in [2.45, 2.75) is 6.61 Å². The molecule has 1 aliphatic rings. The van der Waals surface area contributed by atoms with Crippen LogP contribution in [0, 0.1) is 0 Å². The summed E-state index contributed by atoms with van der Waals surface area (Å²) in [6.07, 6.45) is 0. The Hall–Kier alpha value is -2.20. The summed E-state index contributed by atoms with van der Waals surface area (Å²) in [5.74, 6) is 0. The first-order valence-electron chi connectivity index (χ1n) is 5.47. The molecular weight excluding hydrogens is 214 g/mol. The van der Waals surface area contributed by atoms with Crippen LogP contribution in [-0.4, -0.2) is 0 Å². The van der Waals surface area contributed by atoms with E-state index in [1.165, 1.54) is 0 Å². The zero-order valence-electron chi connectivity index (χ0n) is 9.18. The van der Waals surface area contributed by atoms with Crippen LogP contribution in [0.1, 0.15) is 5.56 Å². The number of nitrogens with zero attached hydrogens (tertiary/aromatic N) is 1. The largest absolute Gasteiger partial charge is 0.277 e. The van der Waals surface area contributed by atoms with E-state index in [1.54, 1.807) is 5.12 Å². The van der Waals surface area contributed by atoms with Crippen LogP contribution in [0.5, 0.6) is 0 Å². The Bertz CT molecular complexity index is 517. The standard InChI is InChI=1S/C13H12N3O/c17-9-10-5-1-4-8-13(10)16-14-11-6-2-3-7-12(11)15-16/h1-8,14-15H,9H2. The van der Waals surface area contributed by atoms with Crippen molar-refractivity contribution >= 4 is 17.1 Å². The summed E-state index contributed by atoms with van der Waals surface area (Å²) in [5.41, 5.74) is 10.1. The molecule has 85 valence electrons. The fourth-order valence-electron chi connectivity index (χ4n) is 1.92. The highest BCUT2D eigenvalue weighted by molar-refractivity contribution is 5.79. The maximum atomic E-state index is 11.1. The number of hydrazine groups is 2. The topological polar surface area (TPSA) is 47.2 Å². The molecule has 1 radical (unpaired) electrons. The van der Waals surface area contributed by atoms with Gasteiger partial charge in [0.05, 0.1) is 17.1 Å². The number of rotatable bonds is 2. The molecule has 0 saturated carbocycles. The SMILES string of the molecule is [O]Cc1ccccc1N1Nc2ccccc2N1. The van der Waals surface area contributed by atoms with Gasteiger partial charge < -0.3 is 0 Å². The molecule has 4 nitrogen and oxygen atoms in total. The van der Waals surface area contributed by atoms with Crippen LogP contribution in [0.25, 0.3) is 0 Å². The molecule has 0 saturated heterocycles. The maximum absolute atomic E-state index is 11.1. The van der Waals surface area contributed by atoms with Crippen molar-refractivity contribution in [3.63, 3.8) is 0 Å². The van der Waals surface area contributed by atoms with Crippen molar-refractivity contribution in [2.75, 3.05) is 16.0 Å². The molecular formula is C13H12N3O. The van der Waals surface area contributed by atoms with Crippen molar-refractivity contribution < 1.29 is 5.11 Å². The maximum Gasteiger partial charge on any atom is 0.109 e. The summed E-state index contributed by atoms with van der Waals surface area (Å²) in [6, 6.07) is 15.5. The molecule has 0 bridgehead atoms. The second-order valence-electron chi connectivity index (χ2n) is 3.88. The minimum Gasteiger partial charge on any atom is -0.277 e. The molecule has 2 aromatic rings. The van der Waals surface area contributed by atoms with Gasteiger partial charge in [0.15, 0.2) is 0 Å². The summed E-state index contributed by atoms with van der Waals surface area (Å²) in [5, 5.41) is 12.9. The predicted octanol–water partition coefficient (Wildman–Crippen LogP) is 2.79. The van der Waals surface area contributed by atoms with Crippen LogP contribution in [0.4, 0.5) is 17.1 Å². The Morgan fingerprint density at radius 3 is 2.12 bits per heavy atom. The third-order valence-electron chi connectivity index (χ3n) is 2.78. The molecule has 0 aliphatic carbocycles. The average Bonchev–Trinajstić information content (AvgIpc) is 2.82. The normalized spacial score (nSPS) is 12.9. The van der Waals surface area contributed by atoms with E-state index < -0.39 is 0 Å². The summed E-state index contributed by atoms with van der Waals surface area (Å²) < 4.78 is 0. The molecule has 0 unspecified atom stereocenters. The average molecular weight is 226 g/mol. The first-order valence-corrected chi connectivity index (χ1v) is 5.47. The Balaban J connectivity index is 1.94. The zero-order valence-corrected chi connectivity index (χ0v) is 9.18. The second-order valence-corrected chi connectivity index (χ2v) is 3.88. The van der Waals surface area contributed by atoms with Gasteiger partial charge in [0, 0.05) is 5.56 Å². The summed E-state index contributed by atoms with van der Waals surface area (Å²) in [6.45, 7) is -0.230. The minimum absolute atomic E-state index is 0.230. The molecule has 1 heterocycles. The van der Waals surface area contributed by atoms with Crippen LogP contribution >= 0.6 is 0 Å². The first kappa shape index (κ1) is 9.99. The van der Waals surface area contributed by atoms with E-state index in [2.05, 4.69) is 10.9 Å². The lowest BCUT2D eigenvalue weighted by molar-refractivity contribution is 0.178. The van der Waals surface area contributed by atoms with Gasteiger partial charge in [0.2, 0.25) is 0 Å². The van der Waals surface area contributed by atoms with Crippen LogP contribution in [0.3, 0.4) is 0 Å². The van der Waals surface area contributed by atoms with Gasteiger partial charge in [-0.15, -0.1) is 0 Å². The van der Waals surface area contributed by atoms with Gasteiger partial charge >= 0.3 is 0 Å². The van der Waals surface area contributed by atoms with E-state index in [4.69, 9.17) is 0 Å². The van der Waals surface area contributed by atoms with Gasteiger partial charge in [0.25, 0.3) is 0 Å². The monoisotopic (exact) mass is 226 g/mol. The van der Waals surface area contributed by atoms with Crippen LogP contribution in [-0.2, 0) is 11.7 Å². The van der Waals surface area contributed by atoms with Crippen molar-refractivity contribution in [2.24, 2.45) is 0 Å². The smallest absolute Gasteiger partial charge is 0.109 e. The number of nitrogens with one attached hydrogen (secondary N) is 2. The van der Waals surface area contributed by atoms with Crippen molar-refractivity contribution in [3.8, 4) is 0 Å². The Morgan fingerprint density at radius 1 is 0.882 bits per heavy atom. The van der Waals surface area contributed by atoms with Crippen molar-refractivity contribution in [3.05, 3.63) is 54.1 Å². The molecule has 0 spiro atoms. The fourth-order valence-corrected chi connectivity index (χ4v) is 1.92. The Morgan fingerprint density at radius 2 is 1.47 bits per heavy atom. The van der Waals surface area contributed by atoms with E-state index in [0.29, 0.717) is 0 Å². The lowest BCUT2D eigenvalue weighted by Crippen LogP contribution is -2.30. The molecule has 0 atom stereocenters. The fraction of sp³-hybridized carbons (Fsp3) is 0.0769. The van der Waals surface area contributed by atoms with Gasteiger partial charge in [-0.25, -0.2) is 5.11 Å². The summed E-state index contributed by atoms with van der Waals surface area (Å²) in [7, 11) is 0. The van der Waals surface area contributed by atoms with Gasteiger partial charge in [0.1, 0.15) is 6.61 Å². The molecule has 4 heteroatoms. The van der Waals surface area contributed by atoms with E-state index in [-0.39, 0.29) is 6.61 Å². The van der Waals surface area contributed by atoms with Gasteiger partial charge in [-0.05, 0) is 18.2 Å². The zero-order chi connectivity index (χ0) is 11.7. The lowest BCUT2D eigenvalue weighted by Gasteiger charge is -2.20. The van der Waals surface area contributed by atoms with E-state index in [0.717, 1.165) is 22.6 Å². The molecule has 0 aromatic heterocycles. The number of para-hydroxylation sites is 3. The molecule has 3 rings (SSSR count). The predicted molar refractivity (Wildman–Crippen MR) is 67.0 cm³/mol. The highest BCUT2D eigenvalue weighted by atomic mass is 16.3.